The van der Waals surface area contributed by atoms with Gasteiger partial charge in [0.15, 0.2) is 6.61 Å². The Morgan fingerprint density at radius 1 is 1.02 bits per heavy atom. The van der Waals surface area contributed by atoms with E-state index < -0.39 is 11.0 Å². The molecule has 3 amide bonds. The molecule has 3 N–H and O–H groups in total. The van der Waals surface area contributed by atoms with E-state index in [0.717, 1.165) is 5.56 Å². The van der Waals surface area contributed by atoms with Crippen LogP contribution in [0, 0.1) is 5.41 Å². The number of pyridine rings is 1. The fraction of sp³-hybridized carbons (Fsp3) is 0.417. The van der Waals surface area contributed by atoms with E-state index in [1.54, 1.807) is 29.0 Å². The van der Waals surface area contributed by atoms with E-state index in [2.05, 4.69) is 20.7 Å². The van der Waals surface area contributed by atoms with E-state index in [9.17, 15) is 19.5 Å². The number of fused-ring (bicyclic) bond motifs is 5. The molecule has 1 unspecified atom stereocenters. The van der Waals surface area contributed by atoms with E-state index in [-0.39, 0.29) is 44.0 Å². The van der Waals surface area contributed by atoms with E-state index in [1.807, 2.05) is 60.7 Å². The van der Waals surface area contributed by atoms with Gasteiger partial charge in [-0.2, -0.15) is 5.10 Å². The second-order valence-corrected chi connectivity index (χ2v) is 12.6. The van der Waals surface area contributed by atoms with Crippen LogP contribution in [-0.2, 0) is 32.9 Å². The molecule has 0 radical (unpaired) electrons. The number of likely N-dealkylation sites (tertiary alicyclic amines) is 1. The number of methoxy groups -OCH3 is 1. The third-order valence-electron chi connectivity index (χ3n) is 9.38. The standard InChI is InChI=1S/C36H42N6O6/c1-47-21-7-13-35(34(45)41-18-14-36(46,15-19-41)30-12-4-5-16-37-30)23-26-8-6-9-27(22-26)48-24-31(43)38-17-20-42-32(33(44)39-25-35)28-10-2-3-11-29(28)40-42/h2-6,8-12,16,22,46H,7,13-15,17-21,23-25H2,1H3,(H,38,43)(H,39,44). The van der Waals surface area contributed by atoms with Crippen LogP contribution in [0.15, 0.2) is 72.9 Å². The summed E-state index contributed by atoms with van der Waals surface area (Å²) in [5, 5.41) is 22.8. The van der Waals surface area contributed by atoms with E-state index in [1.165, 1.54) is 0 Å². The van der Waals surface area contributed by atoms with Crippen LogP contribution in [0.3, 0.4) is 0 Å². The summed E-state index contributed by atoms with van der Waals surface area (Å²) in [7, 11) is 1.63. The molecule has 2 aromatic heterocycles. The zero-order valence-corrected chi connectivity index (χ0v) is 27.2. The fourth-order valence-electron chi connectivity index (χ4n) is 6.81. The number of aliphatic hydroxyl groups is 1. The predicted octanol–water partition coefficient (Wildman–Crippen LogP) is 2.84. The minimum absolute atomic E-state index is 0.0662. The highest BCUT2D eigenvalue weighted by molar-refractivity contribution is 6.05. The first-order valence-corrected chi connectivity index (χ1v) is 16.4. The summed E-state index contributed by atoms with van der Waals surface area (Å²) >= 11 is 0. The maximum atomic E-state index is 14.8. The van der Waals surface area contributed by atoms with Crippen LogP contribution in [0.4, 0.5) is 0 Å². The summed E-state index contributed by atoms with van der Waals surface area (Å²) in [6.45, 7) is 1.51. The molecule has 2 aliphatic heterocycles. The lowest BCUT2D eigenvalue weighted by atomic mass is 9.75. The second kappa shape index (κ2) is 14.5. The Morgan fingerprint density at radius 3 is 2.62 bits per heavy atom. The van der Waals surface area contributed by atoms with Crippen LogP contribution in [-0.4, -0.2) is 89.0 Å². The highest BCUT2D eigenvalue weighted by atomic mass is 16.5. The van der Waals surface area contributed by atoms with Gasteiger partial charge in [-0.25, -0.2) is 0 Å². The molecular weight excluding hydrogens is 612 g/mol. The van der Waals surface area contributed by atoms with Crippen molar-refractivity contribution in [2.24, 2.45) is 5.41 Å². The SMILES string of the molecule is COCCCC1(C(=O)N2CCC(O)(c3ccccn3)CC2)CNC(=O)c2c3ccccc3nn2CCNC(=O)COc2cccc(c2)C1. The zero-order chi connectivity index (χ0) is 33.6. The van der Waals surface area contributed by atoms with Gasteiger partial charge in [0.05, 0.1) is 23.2 Å². The molecule has 6 rings (SSSR count). The fourth-order valence-corrected chi connectivity index (χ4v) is 6.81. The molecule has 2 aromatic carbocycles. The van der Waals surface area contributed by atoms with Gasteiger partial charge >= 0.3 is 0 Å². The van der Waals surface area contributed by atoms with Crippen molar-refractivity contribution in [2.45, 2.75) is 44.2 Å². The van der Waals surface area contributed by atoms with Gasteiger partial charge in [0.25, 0.3) is 11.8 Å². The van der Waals surface area contributed by atoms with Crippen molar-refractivity contribution in [3.05, 3.63) is 89.9 Å². The third-order valence-corrected chi connectivity index (χ3v) is 9.38. The second-order valence-electron chi connectivity index (χ2n) is 12.6. The average Bonchev–Trinajstić information content (AvgIpc) is 3.48. The van der Waals surface area contributed by atoms with E-state index >= 15 is 0 Å². The number of rotatable bonds is 6. The quantitative estimate of drug-likeness (QED) is 0.269. The molecule has 12 heteroatoms. The summed E-state index contributed by atoms with van der Waals surface area (Å²) in [5.74, 6) is -0.246. The van der Waals surface area contributed by atoms with Gasteiger partial charge < -0.3 is 30.1 Å². The largest absolute Gasteiger partial charge is 0.484 e. The highest BCUT2D eigenvalue weighted by Gasteiger charge is 2.45. The number of hydrogen-bond donors (Lipinski definition) is 3. The Labute approximate surface area is 279 Å². The monoisotopic (exact) mass is 654 g/mol. The Balaban J connectivity index is 1.36. The maximum Gasteiger partial charge on any atom is 0.270 e. The Bertz CT molecular complexity index is 1750. The molecule has 4 aromatic rings. The Kier molecular flexibility index (Phi) is 10.0. The molecule has 1 saturated heterocycles. The lowest BCUT2D eigenvalue weighted by molar-refractivity contribution is -0.147. The smallest absolute Gasteiger partial charge is 0.270 e. The number of nitrogens with zero attached hydrogens (tertiary/aromatic N) is 4. The number of amides is 3. The van der Waals surface area contributed by atoms with E-state index in [0.29, 0.717) is 79.8 Å². The van der Waals surface area contributed by atoms with Crippen molar-refractivity contribution in [3.63, 3.8) is 0 Å². The Hall–Kier alpha value is -4.81. The number of piperidine rings is 1. The summed E-state index contributed by atoms with van der Waals surface area (Å²) in [5.41, 5.74) is 0.260. The molecule has 2 aliphatic rings. The molecular formula is C36H42N6O6. The molecule has 4 heterocycles. The molecule has 252 valence electrons. The lowest BCUT2D eigenvalue weighted by Crippen LogP contribution is -2.55. The first-order valence-electron chi connectivity index (χ1n) is 16.4. The van der Waals surface area contributed by atoms with Crippen LogP contribution in [0.2, 0.25) is 0 Å². The highest BCUT2D eigenvalue weighted by Crippen LogP contribution is 2.37. The predicted molar refractivity (Wildman–Crippen MR) is 178 cm³/mol. The van der Waals surface area contributed by atoms with Gasteiger partial charge in [-0.15, -0.1) is 0 Å². The average molecular weight is 655 g/mol. The van der Waals surface area contributed by atoms with Crippen molar-refractivity contribution in [1.29, 1.82) is 0 Å². The topological polar surface area (TPSA) is 148 Å². The summed E-state index contributed by atoms with van der Waals surface area (Å²) < 4.78 is 12.9. The normalized spacial score (nSPS) is 20.3. The van der Waals surface area contributed by atoms with Crippen molar-refractivity contribution in [3.8, 4) is 5.75 Å². The van der Waals surface area contributed by atoms with Crippen LogP contribution >= 0.6 is 0 Å². The van der Waals surface area contributed by atoms with Gasteiger partial charge in [0.2, 0.25) is 5.91 Å². The molecule has 1 atom stereocenters. The van der Waals surface area contributed by atoms with Gasteiger partial charge in [-0.1, -0.05) is 36.4 Å². The van der Waals surface area contributed by atoms with Crippen molar-refractivity contribution in [2.75, 3.05) is 46.5 Å². The first kappa shape index (κ1) is 33.1. The lowest BCUT2D eigenvalue weighted by Gasteiger charge is -2.43. The minimum atomic E-state index is -1.13. The van der Waals surface area contributed by atoms with Crippen LogP contribution < -0.4 is 15.4 Å². The minimum Gasteiger partial charge on any atom is -0.484 e. The van der Waals surface area contributed by atoms with Gasteiger partial charge in [0.1, 0.15) is 17.0 Å². The molecule has 0 aliphatic carbocycles. The van der Waals surface area contributed by atoms with Crippen LogP contribution in [0.25, 0.3) is 10.9 Å². The molecule has 0 spiro atoms. The first-order chi connectivity index (χ1) is 23.3. The van der Waals surface area contributed by atoms with Crippen LogP contribution in [0.5, 0.6) is 5.75 Å². The van der Waals surface area contributed by atoms with Crippen molar-refractivity contribution in [1.82, 2.24) is 30.3 Å². The number of carbonyl (C=O) groups excluding carboxylic acids is 3. The summed E-state index contributed by atoms with van der Waals surface area (Å²) in [4.78, 5) is 47.8. The molecule has 2 bridgehead atoms. The van der Waals surface area contributed by atoms with Crippen molar-refractivity contribution >= 4 is 28.6 Å². The number of carbonyl (C=O) groups is 3. The number of hydrogen-bond acceptors (Lipinski definition) is 8. The number of benzene rings is 2. The Morgan fingerprint density at radius 2 is 1.83 bits per heavy atom. The molecule has 0 saturated carbocycles. The third kappa shape index (κ3) is 7.19. The van der Waals surface area contributed by atoms with Gasteiger partial charge in [-0.05, 0) is 68.0 Å². The van der Waals surface area contributed by atoms with Gasteiger partial charge in [-0.3, -0.25) is 24.0 Å². The molecule has 12 nitrogen and oxygen atoms in total. The summed E-state index contributed by atoms with van der Waals surface area (Å²) in [6.07, 6.45) is 3.67. The maximum absolute atomic E-state index is 14.8. The number of ether oxygens (including phenoxy) is 2. The van der Waals surface area contributed by atoms with Crippen LogP contribution in [0.1, 0.15) is 47.4 Å². The van der Waals surface area contributed by atoms with E-state index in [4.69, 9.17) is 9.47 Å². The molecule has 1 fully saturated rings. The van der Waals surface area contributed by atoms with Crippen molar-refractivity contribution < 1.29 is 29.0 Å². The number of nitrogens with one attached hydrogen (secondary N) is 2. The zero-order valence-electron chi connectivity index (χ0n) is 27.2. The summed E-state index contributed by atoms with van der Waals surface area (Å²) in [6, 6.07) is 20.3. The number of aromatic nitrogens is 3. The molecule has 48 heavy (non-hydrogen) atoms. The van der Waals surface area contributed by atoms with Gasteiger partial charge in [0, 0.05) is 51.5 Å².